The number of hydrogen-bond donors (Lipinski definition) is 1. The van der Waals surface area contributed by atoms with E-state index in [9.17, 15) is 10.1 Å². The fourth-order valence-corrected chi connectivity index (χ4v) is 3.74. The molecule has 0 saturated carbocycles. The van der Waals surface area contributed by atoms with Crippen LogP contribution in [0.2, 0.25) is 0 Å². The van der Waals surface area contributed by atoms with Crippen LogP contribution in [0.5, 0.6) is 11.5 Å². The van der Waals surface area contributed by atoms with Crippen molar-refractivity contribution in [1.29, 1.82) is 5.26 Å². The molecular weight excluding hydrogens is 504 g/mol. The van der Waals surface area contributed by atoms with Crippen molar-refractivity contribution in [2.75, 3.05) is 11.9 Å². The molecule has 3 rings (SSSR count). The Balaban J connectivity index is 1.92. The van der Waals surface area contributed by atoms with E-state index in [1.165, 1.54) is 0 Å². The number of halogens is 1. The van der Waals surface area contributed by atoms with Crippen molar-refractivity contribution in [3.8, 4) is 17.6 Å². The third kappa shape index (κ3) is 7.33. The standard InChI is InChI=1S/C29H27BrN2O3/c1-4-7-23-15-22(16-24(18-31)29(33)32-26-9-6-8-20(3)14-26)17-27(34-5-2)28(23)35-19-21-10-12-25(30)13-11-21/h4,6,8-17H,1,5,7,19H2,2-3H3,(H,32,33)/b24-16-. The van der Waals surface area contributed by atoms with E-state index in [-0.39, 0.29) is 5.57 Å². The molecule has 0 spiro atoms. The highest BCUT2D eigenvalue weighted by atomic mass is 79.9. The van der Waals surface area contributed by atoms with Crippen LogP contribution < -0.4 is 14.8 Å². The fraction of sp³-hybridized carbons (Fsp3) is 0.172. The molecule has 35 heavy (non-hydrogen) atoms. The summed E-state index contributed by atoms with van der Waals surface area (Å²) in [7, 11) is 0. The molecule has 0 unspecified atom stereocenters. The minimum absolute atomic E-state index is 0.0120. The molecule has 178 valence electrons. The lowest BCUT2D eigenvalue weighted by atomic mass is 10.0. The zero-order valence-corrected chi connectivity index (χ0v) is 21.4. The number of benzene rings is 3. The predicted octanol–water partition coefficient (Wildman–Crippen LogP) is 7.01. The van der Waals surface area contributed by atoms with Gasteiger partial charge in [0.1, 0.15) is 18.2 Å². The highest BCUT2D eigenvalue weighted by molar-refractivity contribution is 9.10. The molecule has 0 atom stereocenters. The number of nitrogens with one attached hydrogen (secondary N) is 1. The highest BCUT2D eigenvalue weighted by Crippen LogP contribution is 2.35. The third-order valence-electron chi connectivity index (χ3n) is 5.07. The van der Waals surface area contributed by atoms with Crippen molar-refractivity contribution in [3.05, 3.63) is 106 Å². The zero-order valence-electron chi connectivity index (χ0n) is 19.8. The van der Waals surface area contributed by atoms with Gasteiger partial charge in [0.05, 0.1) is 6.61 Å². The molecule has 5 nitrogen and oxygen atoms in total. The normalized spacial score (nSPS) is 10.9. The van der Waals surface area contributed by atoms with E-state index in [1.54, 1.807) is 24.3 Å². The SMILES string of the molecule is C=CCc1cc(/C=C(/C#N)C(=O)Nc2cccc(C)c2)cc(OCC)c1OCc1ccc(Br)cc1. The van der Waals surface area contributed by atoms with E-state index in [4.69, 9.17) is 9.47 Å². The van der Waals surface area contributed by atoms with Crippen LogP contribution in [0.25, 0.3) is 6.08 Å². The van der Waals surface area contributed by atoms with Gasteiger partial charge in [0.25, 0.3) is 5.91 Å². The van der Waals surface area contributed by atoms with Crippen LogP contribution in [-0.4, -0.2) is 12.5 Å². The maximum absolute atomic E-state index is 12.8. The van der Waals surface area contributed by atoms with Crippen LogP contribution in [0.3, 0.4) is 0 Å². The van der Waals surface area contributed by atoms with Crippen LogP contribution in [-0.2, 0) is 17.8 Å². The van der Waals surface area contributed by atoms with Crippen molar-refractivity contribution >= 4 is 33.6 Å². The Morgan fingerprint density at radius 3 is 2.57 bits per heavy atom. The molecule has 3 aromatic carbocycles. The average molecular weight is 531 g/mol. The Hall–Kier alpha value is -3.82. The van der Waals surface area contributed by atoms with E-state index in [0.717, 1.165) is 21.2 Å². The van der Waals surface area contributed by atoms with Gasteiger partial charge < -0.3 is 14.8 Å². The summed E-state index contributed by atoms with van der Waals surface area (Å²) in [6.07, 6.45) is 3.87. The molecule has 0 aliphatic rings. The molecule has 0 aliphatic carbocycles. The quantitative estimate of drug-likeness (QED) is 0.174. The maximum Gasteiger partial charge on any atom is 0.266 e. The molecule has 0 aliphatic heterocycles. The number of nitrogens with zero attached hydrogens (tertiary/aromatic N) is 1. The second-order valence-electron chi connectivity index (χ2n) is 7.84. The number of hydrogen-bond acceptors (Lipinski definition) is 4. The Bertz CT molecular complexity index is 1270. The van der Waals surface area contributed by atoms with Crippen molar-refractivity contribution in [2.24, 2.45) is 0 Å². The van der Waals surface area contributed by atoms with Crippen LogP contribution in [0.15, 0.2) is 83.4 Å². The largest absolute Gasteiger partial charge is 0.490 e. The van der Waals surface area contributed by atoms with Crippen LogP contribution >= 0.6 is 15.9 Å². The molecular formula is C29H27BrN2O3. The topological polar surface area (TPSA) is 71.4 Å². The van der Waals surface area contributed by atoms with Crippen molar-refractivity contribution in [3.63, 3.8) is 0 Å². The van der Waals surface area contributed by atoms with E-state index in [1.807, 2.05) is 68.4 Å². The first-order chi connectivity index (χ1) is 16.9. The van der Waals surface area contributed by atoms with E-state index >= 15 is 0 Å². The molecule has 0 fully saturated rings. The Morgan fingerprint density at radius 2 is 1.91 bits per heavy atom. The minimum atomic E-state index is -0.475. The summed E-state index contributed by atoms with van der Waals surface area (Å²) in [6, 6.07) is 21.0. The average Bonchev–Trinajstić information content (AvgIpc) is 2.83. The molecule has 0 heterocycles. The van der Waals surface area contributed by atoms with Crippen LogP contribution in [0.1, 0.15) is 29.2 Å². The van der Waals surface area contributed by atoms with Gasteiger partial charge in [0, 0.05) is 15.7 Å². The van der Waals surface area contributed by atoms with Gasteiger partial charge in [-0.2, -0.15) is 5.26 Å². The van der Waals surface area contributed by atoms with Crippen molar-refractivity contribution in [2.45, 2.75) is 26.9 Å². The second kappa shape index (κ2) is 12.6. The van der Waals surface area contributed by atoms with Gasteiger partial charge in [-0.1, -0.05) is 46.3 Å². The molecule has 0 bridgehead atoms. The molecule has 0 radical (unpaired) electrons. The van der Waals surface area contributed by atoms with E-state index in [2.05, 4.69) is 27.8 Å². The van der Waals surface area contributed by atoms with Gasteiger partial charge in [0.15, 0.2) is 11.5 Å². The van der Waals surface area contributed by atoms with E-state index < -0.39 is 5.91 Å². The summed E-state index contributed by atoms with van der Waals surface area (Å²) >= 11 is 3.44. The molecule has 1 N–H and O–H groups in total. The van der Waals surface area contributed by atoms with Gasteiger partial charge in [-0.25, -0.2) is 0 Å². The Labute approximate surface area is 214 Å². The number of anilines is 1. The fourth-order valence-electron chi connectivity index (χ4n) is 3.47. The first kappa shape index (κ1) is 25.8. The van der Waals surface area contributed by atoms with Gasteiger partial charge in [0.2, 0.25) is 0 Å². The van der Waals surface area contributed by atoms with Gasteiger partial charge in [-0.3, -0.25) is 4.79 Å². The Kier molecular flexibility index (Phi) is 9.28. The molecule has 6 heteroatoms. The third-order valence-corrected chi connectivity index (χ3v) is 5.60. The van der Waals surface area contributed by atoms with E-state index in [0.29, 0.717) is 42.4 Å². The summed E-state index contributed by atoms with van der Waals surface area (Å²) < 4.78 is 13.0. The number of carbonyl (C=O) groups excluding carboxylic acids is 1. The summed E-state index contributed by atoms with van der Waals surface area (Å²) in [5.74, 6) is 0.693. The molecule has 3 aromatic rings. The lowest BCUT2D eigenvalue weighted by Gasteiger charge is -2.17. The van der Waals surface area contributed by atoms with Crippen molar-refractivity contribution < 1.29 is 14.3 Å². The first-order valence-electron chi connectivity index (χ1n) is 11.2. The summed E-state index contributed by atoms with van der Waals surface area (Å²) in [6.45, 7) is 8.50. The molecule has 0 aromatic heterocycles. The number of nitriles is 1. The van der Waals surface area contributed by atoms with Gasteiger partial charge in [-0.05, 0) is 79.4 Å². The lowest BCUT2D eigenvalue weighted by Crippen LogP contribution is -2.13. The maximum atomic E-state index is 12.8. The minimum Gasteiger partial charge on any atom is -0.490 e. The number of allylic oxidation sites excluding steroid dienone is 1. The van der Waals surface area contributed by atoms with Crippen LogP contribution in [0, 0.1) is 18.3 Å². The van der Waals surface area contributed by atoms with Crippen molar-refractivity contribution in [1.82, 2.24) is 0 Å². The smallest absolute Gasteiger partial charge is 0.266 e. The predicted molar refractivity (Wildman–Crippen MR) is 143 cm³/mol. The van der Waals surface area contributed by atoms with Gasteiger partial charge in [-0.15, -0.1) is 6.58 Å². The summed E-state index contributed by atoms with van der Waals surface area (Å²) in [5, 5.41) is 12.4. The number of carbonyl (C=O) groups is 1. The lowest BCUT2D eigenvalue weighted by molar-refractivity contribution is -0.112. The highest BCUT2D eigenvalue weighted by Gasteiger charge is 2.15. The zero-order chi connectivity index (χ0) is 25.2. The number of amides is 1. The summed E-state index contributed by atoms with van der Waals surface area (Å²) in [4.78, 5) is 12.8. The monoisotopic (exact) mass is 530 g/mol. The number of ether oxygens (including phenoxy) is 2. The van der Waals surface area contributed by atoms with Crippen LogP contribution in [0.4, 0.5) is 5.69 Å². The first-order valence-corrected chi connectivity index (χ1v) is 12.0. The second-order valence-corrected chi connectivity index (χ2v) is 8.76. The summed E-state index contributed by atoms with van der Waals surface area (Å²) in [5.41, 5.74) is 4.17. The molecule has 1 amide bonds. The number of rotatable bonds is 10. The van der Waals surface area contributed by atoms with Gasteiger partial charge >= 0.3 is 0 Å². The Morgan fingerprint density at radius 1 is 1.14 bits per heavy atom. The number of aryl methyl sites for hydroxylation is 1. The molecule has 0 saturated heterocycles.